The highest BCUT2D eigenvalue weighted by molar-refractivity contribution is 6.02. The number of aryl methyl sites for hydroxylation is 1. The average Bonchev–Trinajstić information content (AvgIpc) is 2.68. The first kappa shape index (κ1) is 24.4. The van der Waals surface area contributed by atoms with E-state index in [4.69, 9.17) is 0 Å². The van der Waals surface area contributed by atoms with Crippen LogP contribution in [-0.2, 0) is 4.79 Å². The summed E-state index contributed by atoms with van der Waals surface area (Å²) in [6.07, 6.45) is 2.23. The molecular weight excluding hydrogens is 386 g/mol. The summed E-state index contributed by atoms with van der Waals surface area (Å²) in [6.45, 7) is 11.7. The van der Waals surface area contributed by atoms with E-state index in [1.54, 1.807) is 4.90 Å². The van der Waals surface area contributed by atoms with Gasteiger partial charge in [0.1, 0.15) is 0 Å². The summed E-state index contributed by atoms with van der Waals surface area (Å²) in [7, 11) is 0. The van der Waals surface area contributed by atoms with Crippen molar-refractivity contribution in [2.75, 3.05) is 23.3 Å². The third-order valence-electron chi connectivity index (χ3n) is 5.08. The molecule has 1 unspecified atom stereocenters. The quantitative estimate of drug-likeness (QED) is 0.486. The van der Waals surface area contributed by atoms with Crippen molar-refractivity contribution >= 4 is 23.3 Å². The van der Waals surface area contributed by atoms with Crippen LogP contribution in [-0.4, -0.2) is 25.0 Å². The van der Waals surface area contributed by atoms with Crippen LogP contribution in [0.5, 0.6) is 0 Å². The summed E-state index contributed by atoms with van der Waals surface area (Å²) in [6, 6.07) is 17.2. The fourth-order valence-corrected chi connectivity index (χ4v) is 3.82. The van der Waals surface area contributed by atoms with Crippen LogP contribution in [0.15, 0.2) is 54.6 Å². The number of carbonyl (C=O) groups is 2. The number of hydrogen-bond acceptors (Lipinski definition) is 2. The normalized spacial score (nSPS) is 12.2. The number of benzene rings is 2. The lowest BCUT2D eigenvalue weighted by Crippen LogP contribution is -2.37. The van der Waals surface area contributed by atoms with E-state index in [9.17, 15) is 9.59 Å². The Morgan fingerprint density at radius 2 is 1.65 bits per heavy atom. The van der Waals surface area contributed by atoms with Crippen molar-refractivity contribution in [1.29, 1.82) is 0 Å². The Kier molecular flexibility index (Phi) is 9.10. The summed E-state index contributed by atoms with van der Waals surface area (Å²) >= 11 is 0. The van der Waals surface area contributed by atoms with Gasteiger partial charge >= 0.3 is 6.03 Å². The van der Waals surface area contributed by atoms with Gasteiger partial charge in [-0.1, -0.05) is 64.1 Å². The standard InChI is InChI=1S/C26H37N3O2/c1-20(19-26(3,4)5)18-24(30)27-16-11-17-29(22-13-7-6-8-14-22)25(31)28-23-15-10-9-12-21(23)2/h6-10,12-15,20H,11,16-19H2,1-5H3,(H,27,30)(H,28,31). The fraction of sp³-hybridized carbons (Fsp3) is 0.462. The van der Waals surface area contributed by atoms with Crippen molar-refractivity contribution < 1.29 is 9.59 Å². The minimum Gasteiger partial charge on any atom is -0.356 e. The van der Waals surface area contributed by atoms with E-state index in [0.29, 0.717) is 31.8 Å². The Labute approximate surface area is 187 Å². The zero-order chi connectivity index (χ0) is 22.9. The second kappa shape index (κ2) is 11.5. The van der Waals surface area contributed by atoms with Crippen molar-refractivity contribution in [2.45, 2.75) is 53.9 Å². The van der Waals surface area contributed by atoms with E-state index >= 15 is 0 Å². The number of urea groups is 1. The highest BCUT2D eigenvalue weighted by Gasteiger charge is 2.18. The first-order valence-electron chi connectivity index (χ1n) is 11.1. The molecule has 0 fully saturated rings. The van der Waals surface area contributed by atoms with Crippen molar-refractivity contribution in [2.24, 2.45) is 11.3 Å². The number of para-hydroxylation sites is 2. The second-order valence-electron chi connectivity index (χ2n) is 9.51. The van der Waals surface area contributed by atoms with Crippen LogP contribution in [0.3, 0.4) is 0 Å². The molecule has 2 N–H and O–H groups in total. The zero-order valence-electron chi connectivity index (χ0n) is 19.6. The molecule has 0 spiro atoms. The number of nitrogens with zero attached hydrogens (tertiary/aromatic N) is 1. The van der Waals surface area contributed by atoms with Crippen molar-refractivity contribution in [3.63, 3.8) is 0 Å². The van der Waals surface area contributed by atoms with Gasteiger partial charge in [-0.25, -0.2) is 4.79 Å². The molecule has 3 amide bonds. The predicted molar refractivity (Wildman–Crippen MR) is 129 cm³/mol. The zero-order valence-corrected chi connectivity index (χ0v) is 19.6. The van der Waals surface area contributed by atoms with E-state index < -0.39 is 0 Å². The van der Waals surface area contributed by atoms with Crippen molar-refractivity contribution in [3.05, 3.63) is 60.2 Å². The first-order valence-corrected chi connectivity index (χ1v) is 11.1. The minimum atomic E-state index is -0.175. The van der Waals surface area contributed by atoms with E-state index in [1.807, 2.05) is 61.5 Å². The maximum absolute atomic E-state index is 13.0. The molecule has 0 saturated heterocycles. The molecule has 0 heterocycles. The van der Waals surface area contributed by atoms with Gasteiger partial charge in [-0.3, -0.25) is 9.69 Å². The van der Waals surface area contributed by atoms with E-state index in [-0.39, 0.29) is 17.4 Å². The Hall–Kier alpha value is -2.82. The molecule has 2 rings (SSSR count). The average molecular weight is 424 g/mol. The molecule has 2 aromatic carbocycles. The summed E-state index contributed by atoms with van der Waals surface area (Å²) < 4.78 is 0. The largest absolute Gasteiger partial charge is 0.356 e. The molecule has 168 valence electrons. The van der Waals surface area contributed by atoms with Crippen LogP contribution < -0.4 is 15.5 Å². The van der Waals surface area contributed by atoms with Crippen molar-refractivity contribution in [3.8, 4) is 0 Å². The van der Waals surface area contributed by atoms with E-state index in [1.165, 1.54) is 0 Å². The van der Waals surface area contributed by atoms with Gasteiger partial charge < -0.3 is 10.6 Å². The molecule has 0 aliphatic heterocycles. The minimum absolute atomic E-state index is 0.0763. The van der Waals surface area contributed by atoms with Crippen LogP contribution >= 0.6 is 0 Å². The van der Waals surface area contributed by atoms with Gasteiger partial charge in [-0.15, -0.1) is 0 Å². The Morgan fingerprint density at radius 1 is 1.00 bits per heavy atom. The van der Waals surface area contributed by atoms with Gasteiger partial charge in [0, 0.05) is 30.9 Å². The molecule has 0 bridgehead atoms. The number of carbonyl (C=O) groups excluding carboxylic acids is 2. The van der Waals surface area contributed by atoms with Gasteiger partial charge in [0.2, 0.25) is 5.91 Å². The van der Waals surface area contributed by atoms with Gasteiger partial charge in [0.15, 0.2) is 0 Å². The first-order chi connectivity index (χ1) is 14.7. The lowest BCUT2D eigenvalue weighted by atomic mass is 9.84. The van der Waals surface area contributed by atoms with Gasteiger partial charge in [0.25, 0.3) is 0 Å². The fourth-order valence-electron chi connectivity index (χ4n) is 3.82. The number of hydrogen-bond donors (Lipinski definition) is 2. The Bertz CT molecular complexity index is 843. The number of anilines is 2. The molecular formula is C26H37N3O2. The third kappa shape index (κ3) is 8.83. The summed E-state index contributed by atoms with van der Waals surface area (Å²) in [4.78, 5) is 27.0. The Balaban J connectivity index is 1.90. The topological polar surface area (TPSA) is 61.4 Å². The highest BCUT2D eigenvalue weighted by Crippen LogP contribution is 2.25. The molecule has 0 aromatic heterocycles. The van der Waals surface area contributed by atoms with Gasteiger partial charge in [0.05, 0.1) is 0 Å². The lowest BCUT2D eigenvalue weighted by molar-refractivity contribution is -0.122. The molecule has 5 heteroatoms. The molecule has 0 saturated carbocycles. The van der Waals surface area contributed by atoms with Crippen LogP contribution in [0.4, 0.5) is 16.2 Å². The lowest BCUT2D eigenvalue weighted by Gasteiger charge is -2.24. The molecule has 2 aromatic rings. The van der Waals surface area contributed by atoms with Crippen molar-refractivity contribution in [1.82, 2.24) is 5.32 Å². The summed E-state index contributed by atoms with van der Waals surface area (Å²) in [5.74, 6) is 0.424. The second-order valence-corrected chi connectivity index (χ2v) is 9.51. The summed E-state index contributed by atoms with van der Waals surface area (Å²) in [5.41, 5.74) is 2.87. The molecule has 0 radical (unpaired) electrons. The van der Waals surface area contributed by atoms with Crippen LogP contribution in [0, 0.1) is 18.3 Å². The van der Waals surface area contributed by atoms with Crippen LogP contribution in [0.25, 0.3) is 0 Å². The molecule has 5 nitrogen and oxygen atoms in total. The van der Waals surface area contributed by atoms with E-state index in [0.717, 1.165) is 23.4 Å². The maximum atomic E-state index is 13.0. The number of nitrogens with one attached hydrogen (secondary N) is 2. The number of rotatable bonds is 9. The maximum Gasteiger partial charge on any atom is 0.326 e. The molecule has 0 aliphatic carbocycles. The van der Waals surface area contributed by atoms with Crippen LogP contribution in [0.1, 0.15) is 52.5 Å². The van der Waals surface area contributed by atoms with Gasteiger partial charge in [-0.2, -0.15) is 0 Å². The van der Waals surface area contributed by atoms with E-state index in [2.05, 4.69) is 38.3 Å². The molecule has 1 atom stereocenters. The molecule has 31 heavy (non-hydrogen) atoms. The predicted octanol–water partition coefficient (Wildman–Crippen LogP) is 6.00. The third-order valence-corrected chi connectivity index (χ3v) is 5.08. The molecule has 0 aliphatic rings. The van der Waals surface area contributed by atoms with Gasteiger partial charge in [-0.05, 0) is 54.9 Å². The SMILES string of the molecule is Cc1ccccc1NC(=O)N(CCCNC(=O)CC(C)CC(C)(C)C)c1ccccc1. The number of amides is 3. The monoisotopic (exact) mass is 423 g/mol. The highest BCUT2D eigenvalue weighted by atomic mass is 16.2. The smallest absolute Gasteiger partial charge is 0.326 e. The Morgan fingerprint density at radius 3 is 2.29 bits per heavy atom. The van der Waals surface area contributed by atoms with Crippen LogP contribution in [0.2, 0.25) is 0 Å². The summed E-state index contributed by atoms with van der Waals surface area (Å²) in [5, 5.41) is 6.01.